The monoisotopic (exact) mass is 443 g/mol. The number of pyridine rings is 1. The fraction of sp³-hybridized carbons (Fsp3) is 0.296. The zero-order valence-corrected chi connectivity index (χ0v) is 19.6. The molecule has 1 aliphatic heterocycles. The van der Waals surface area contributed by atoms with E-state index < -0.39 is 0 Å². The van der Waals surface area contributed by atoms with Crippen molar-refractivity contribution in [2.75, 3.05) is 27.4 Å². The molecule has 6 heteroatoms. The van der Waals surface area contributed by atoms with E-state index in [2.05, 4.69) is 60.0 Å². The molecule has 1 aliphatic rings. The van der Waals surface area contributed by atoms with E-state index in [1.165, 1.54) is 5.69 Å². The summed E-state index contributed by atoms with van der Waals surface area (Å²) in [6.45, 7) is 5.23. The molecule has 0 atom stereocenters. The predicted molar refractivity (Wildman–Crippen MR) is 130 cm³/mol. The number of ether oxygens (including phenoxy) is 3. The molecule has 0 saturated heterocycles. The van der Waals surface area contributed by atoms with Crippen LogP contribution in [-0.2, 0) is 20.1 Å². The van der Waals surface area contributed by atoms with Gasteiger partial charge in [-0.1, -0.05) is 12.1 Å². The highest BCUT2D eigenvalue weighted by Crippen LogP contribution is 2.39. The number of hydrogen-bond acceptors (Lipinski definition) is 5. The van der Waals surface area contributed by atoms with Crippen LogP contribution in [0.5, 0.6) is 17.2 Å². The van der Waals surface area contributed by atoms with Gasteiger partial charge >= 0.3 is 0 Å². The van der Waals surface area contributed by atoms with Crippen LogP contribution in [0.25, 0.3) is 22.2 Å². The molecule has 6 nitrogen and oxygen atoms in total. The number of methoxy groups -OCH3 is 2. The maximum atomic E-state index is 6.16. The number of hydrogen-bond donors (Lipinski definition) is 0. The second-order valence-electron chi connectivity index (χ2n) is 8.52. The molecule has 0 amide bonds. The predicted octanol–water partition coefficient (Wildman–Crippen LogP) is 4.96. The van der Waals surface area contributed by atoms with Gasteiger partial charge in [0.15, 0.2) is 11.5 Å². The van der Waals surface area contributed by atoms with Crippen LogP contribution >= 0.6 is 0 Å². The lowest BCUT2D eigenvalue weighted by Gasteiger charge is -2.20. The first-order valence-corrected chi connectivity index (χ1v) is 11.2. The molecular formula is C27H29N3O3. The number of nitrogens with zero attached hydrogens (tertiary/aromatic N) is 3. The Labute approximate surface area is 194 Å². The lowest BCUT2D eigenvalue weighted by molar-refractivity contribution is 0.213. The summed E-state index contributed by atoms with van der Waals surface area (Å²) in [6, 6.07) is 16.6. The van der Waals surface area contributed by atoms with Crippen molar-refractivity contribution in [2.45, 2.75) is 20.0 Å². The van der Waals surface area contributed by atoms with Crippen LogP contribution in [0.1, 0.15) is 16.8 Å². The van der Waals surface area contributed by atoms with Crippen molar-refractivity contribution in [3.05, 3.63) is 71.5 Å². The topological polar surface area (TPSA) is 48.8 Å². The average Bonchev–Trinajstić information content (AvgIpc) is 3.11. The third kappa shape index (κ3) is 4.02. The van der Waals surface area contributed by atoms with E-state index in [0.29, 0.717) is 6.61 Å². The van der Waals surface area contributed by atoms with E-state index >= 15 is 0 Å². The van der Waals surface area contributed by atoms with Crippen LogP contribution in [0.3, 0.4) is 0 Å². The second-order valence-corrected chi connectivity index (χ2v) is 8.52. The average molecular weight is 444 g/mol. The summed E-state index contributed by atoms with van der Waals surface area (Å²) < 4.78 is 19.7. The molecule has 0 spiro atoms. The van der Waals surface area contributed by atoms with Crippen LogP contribution < -0.4 is 14.2 Å². The van der Waals surface area contributed by atoms with Gasteiger partial charge < -0.3 is 18.8 Å². The SMILES string of the molecule is COc1cc(-c2cc(C)c3cccc(OC)c3n2)cc2c1OCCN(Cc1cccn1C)C2. The zero-order chi connectivity index (χ0) is 22.9. The van der Waals surface area contributed by atoms with Crippen molar-refractivity contribution in [1.82, 2.24) is 14.5 Å². The molecule has 4 aromatic rings. The first kappa shape index (κ1) is 21.3. The summed E-state index contributed by atoms with van der Waals surface area (Å²) in [6.07, 6.45) is 2.08. The van der Waals surface area contributed by atoms with E-state index in [9.17, 15) is 0 Å². The van der Waals surface area contributed by atoms with Crippen molar-refractivity contribution >= 4 is 10.9 Å². The maximum absolute atomic E-state index is 6.16. The summed E-state index contributed by atoms with van der Waals surface area (Å²) in [4.78, 5) is 7.39. The Kier molecular flexibility index (Phi) is 5.68. The molecule has 0 saturated carbocycles. The molecule has 0 N–H and O–H groups in total. The fourth-order valence-corrected chi connectivity index (χ4v) is 4.57. The zero-order valence-electron chi connectivity index (χ0n) is 19.6. The van der Waals surface area contributed by atoms with Crippen LogP contribution in [0, 0.1) is 6.92 Å². The fourth-order valence-electron chi connectivity index (χ4n) is 4.57. The highest BCUT2D eigenvalue weighted by atomic mass is 16.5. The molecule has 0 unspecified atom stereocenters. The number of rotatable bonds is 5. The second kappa shape index (κ2) is 8.79. The first-order chi connectivity index (χ1) is 16.1. The molecule has 2 aromatic heterocycles. The van der Waals surface area contributed by atoms with Gasteiger partial charge in [0, 0.05) is 55.1 Å². The summed E-state index contributed by atoms with van der Waals surface area (Å²) in [5.74, 6) is 2.34. The van der Waals surface area contributed by atoms with Crippen molar-refractivity contribution < 1.29 is 14.2 Å². The van der Waals surface area contributed by atoms with Crippen molar-refractivity contribution in [3.8, 4) is 28.5 Å². The van der Waals surface area contributed by atoms with Gasteiger partial charge in [-0.2, -0.15) is 0 Å². The smallest absolute Gasteiger partial charge is 0.165 e. The highest BCUT2D eigenvalue weighted by Gasteiger charge is 2.22. The molecule has 2 aromatic carbocycles. The molecule has 0 aliphatic carbocycles. The van der Waals surface area contributed by atoms with E-state index in [4.69, 9.17) is 19.2 Å². The Bertz CT molecular complexity index is 1310. The van der Waals surface area contributed by atoms with E-state index in [1.54, 1.807) is 14.2 Å². The first-order valence-electron chi connectivity index (χ1n) is 11.2. The van der Waals surface area contributed by atoms with Gasteiger partial charge in [-0.05, 0) is 48.9 Å². The third-order valence-electron chi connectivity index (χ3n) is 6.36. The lowest BCUT2D eigenvalue weighted by Crippen LogP contribution is -2.26. The minimum Gasteiger partial charge on any atom is -0.494 e. The van der Waals surface area contributed by atoms with Crippen LogP contribution in [0.2, 0.25) is 0 Å². The molecule has 0 fully saturated rings. The Balaban J connectivity index is 1.57. The van der Waals surface area contributed by atoms with Crippen molar-refractivity contribution in [3.63, 3.8) is 0 Å². The number of aromatic nitrogens is 2. The quantitative estimate of drug-likeness (QED) is 0.436. The number of benzene rings is 2. The Morgan fingerprint density at radius 2 is 1.88 bits per heavy atom. The van der Waals surface area contributed by atoms with Crippen LogP contribution in [-0.4, -0.2) is 41.8 Å². The normalized spacial score (nSPS) is 13.9. The Morgan fingerprint density at radius 3 is 2.64 bits per heavy atom. The lowest BCUT2D eigenvalue weighted by atomic mass is 10.0. The number of para-hydroxylation sites is 1. The molecule has 3 heterocycles. The van der Waals surface area contributed by atoms with Crippen molar-refractivity contribution in [1.29, 1.82) is 0 Å². The Hall–Kier alpha value is -3.51. The minimum atomic E-state index is 0.623. The van der Waals surface area contributed by atoms with Crippen molar-refractivity contribution in [2.24, 2.45) is 7.05 Å². The van der Waals surface area contributed by atoms with Gasteiger partial charge in [-0.3, -0.25) is 4.90 Å². The van der Waals surface area contributed by atoms with Crippen LogP contribution in [0.15, 0.2) is 54.7 Å². The van der Waals surface area contributed by atoms with Gasteiger partial charge in [-0.25, -0.2) is 4.98 Å². The maximum Gasteiger partial charge on any atom is 0.165 e. The third-order valence-corrected chi connectivity index (χ3v) is 6.36. The summed E-state index contributed by atoms with van der Waals surface area (Å²) in [7, 11) is 5.46. The van der Waals surface area contributed by atoms with Crippen LogP contribution in [0.4, 0.5) is 0 Å². The standard InChI is InChI=1S/C27H29N3O3/c1-18-13-23(28-26-22(18)8-5-9-24(26)31-3)19-14-20-16-30(17-21-7-6-10-29(21)2)11-12-33-27(20)25(15-19)32-4/h5-10,13-15H,11-12,16-17H2,1-4H3. The Morgan fingerprint density at radius 1 is 1.03 bits per heavy atom. The molecule has 0 bridgehead atoms. The van der Waals surface area contributed by atoms with E-state index in [0.717, 1.165) is 70.2 Å². The molecule has 0 radical (unpaired) electrons. The van der Waals surface area contributed by atoms with Gasteiger partial charge in [0.05, 0.1) is 19.9 Å². The van der Waals surface area contributed by atoms with Gasteiger partial charge in [0.25, 0.3) is 0 Å². The van der Waals surface area contributed by atoms with Gasteiger partial charge in [0.2, 0.25) is 0 Å². The number of fused-ring (bicyclic) bond motifs is 2. The summed E-state index contributed by atoms with van der Waals surface area (Å²) in [5.41, 5.74) is 6.31. The molecule has 33 heavy (non-hydrogen) atoms. The summed E-state index contributed by atoms with van der Waals surface area (Å²) >= 11 is 0. The summed E-state index contributed by atoms with van der Waals surface area (Å²) in [5, 5.41) is 1.09. The van der Waals surface area contributed by atoms with Gasteiger partial charge in [-0.15, -0.1) is 0 Å². The molecule has 170 valence electrons. The minimum absolute atomic E-state index is 0.623. The van der Waals surface area contributed by atoms with E-state index in [1.807, 2.05) is 18.2 Å². The largest absolute Gasteiger partial charge is 0.494 e. The van der Waals surface area contributed by atoms with Gasteiger partial charge in [0.1, 0.15) is 17.9 Å². The molecular weight excluding hydrogens is 414 g/mol. The van der Waals surface area contributed by atoms with E-state index in [-0.39, 0.29) is 0 Å². The molecule has 5 rings (SSSR count). The number of aryl methyl sites for hydroxylation is 2. The highest BCUT2D eigenvalue weighted by molar-refractivity contribution is 5.89.